The molecule has 0 aliphatic heterocycles. The second-order valence-electron chi connectivity index (χ2n) is 4.02. The molecular weight excluding hydrogens is 151 g/mol. The van der Waals surface area contributed by atoms with E-state index in [1.165, 1.54) is 0 Å². The Bertz CT molecular complexity index is 92.7. The van der Waals surface area contributed by atoms with Crippen molar-refractivity contribution in [3.05, 3.63) is 0 Å². The molecule has 12 heavy (non-hydrogen) atoms. The molecule has 0 rings (SSSR count). The molecule has 0 unspecified atom stereocenters. The fraction of sp³-hybridized carbons (Fsp3) is 1.00. The molecule has 0 aromatic carbocycles. The largest absolute Gasteiger partial charge is 0.453 e. The first-order chi connectivity index (χ1) is 5.52. The number of hydrogen-bond acceptors (Lipinski definition) is 2. The Balaban J connectivity index is 3.27. The van der Waals surface area contributed by atoms with E-state index in [2.05, 4.69) is 27.7 Å². The maximum atomic E-state index is 5.43. The minimum atomic E-state index is -0.0604. The fourth-order valence-corrected chi connectivity index (χ4v) is 0.704. The molecule has 2 nitrogen and oxygen atoms in total. The summed E-state index contributed by atoms with van der Waals surface area (Å²) in [7, 11) is -0.0604. The Labute approximate surface area is 76.8 Å². The highest BCUT2D eigenvalue weighted by molar-refractivity contribution is 6.42. The number of hydrogen-bond donors (Lipinski definition) is 0. The molecule has 0 saturated heterocycles. The van der Waals surface area contributed by atoms with Gasteiger partial charge in [-0.05, 0) is 18.7 Å². The van der Waals surface area contributed by atoms with Crippen LogP contribution in [0.25, 0.3) is 0 Å². The van der Waals surface area contributed by atoms with Crippen molar-refractivity contribution in [3.8, 4) is 0 Å². The Morgan fingerprint density at radius 2 is 1.25 bits per heavy atom. The third-order valence-corrected chi connectivity index (χ3v) is 1.33. The van der Waals surface area contributed by atoms with Gasteiger partial charge < -0.3 is 9.31 Å². The lowest BCUT2D eigenvalue weighted by Gasteiger charge is -2.13. The summed E-state index contributed by atoms with van der Waals surface area (Å²) >= 11 is 0. The molecule has 0 radical (unpaired) electrons. The molecular formula is C9H21BO2. The maximum Gasteiger partial charge on any atom is 0.453 e. The Morgan fingerprint density at radius 3 is 1.50 bits per heavy atom. The van der Waals surface area contributed by atoms with E-state index >= 15 is 0 Å². The lowest BCUT2D eigenvalue weighted by molar-refractivity contribution is 0.168. The van der Waals surface area contributed by atoms with Gasteiger partial charge in [-0.2, -0.15) is 0 Å². The van der Waals surface area contributed by atoms with Crippen LogP contribution >= 0.6 is 0 Å². The van der Waals surface area contributed by atoms with E-state index in [0.29, 0.717) is 11.8 Å². The van der Waals surface area contributed by atoms with Crippen LogP contribution in [-0.4, -0.2) is 20.3 Å². The van der Waals surface area contributed by atoms with Gasteiger partial charge in [0, 0.05) is 13.2 Å². The van der Waals surface area contributed by atoms with Crippen LogP contribution in [0.2, 0.25) is 6.82 Å². The van der Waals surface area contributed by atoms with Crippen molar-refractivity contribution in [1.29, 1.82) is 0 Å². The zero-order valence-corrected chi connectivity index (χ0v) is 8.96. The fourth-order valence-electron chi connectivity index (χ4n) is 0.704. The van der Waals surface area contributed by atoms with Gasteiger partial charge in [0.25, 0.3) is 0 Å². The maximum absolute atomic E-state index is 5.43. The average Bonchev–Trinajstić information content (AvgIpc) is 1.96. The van der Waals surface area contributed by atoms with Crippen LogP contribution in [0.4, 0.5) is 0 Å². The van der Waals surface area contributed by atoms with Gasteiger partial charge in [-0.3, -0.25) is 0 Å². The van der Waals surface area contributed by atoms with Crippen LogP contribution in [0.3, 0.4) is 0 Å². The van der Waals surface area contributed by atoms with Crippen molar-refractivity contribution in [2.75, 3.05) is 13.2 Å². The third-order valence-electron chi connectivity index (χ3n) is 1.33. The van der Waals surface area contributed by atoms with Gasteiger partial charge in [0.05, 0.1) is 0 Å². The van der Waals surface area contributed by atoms with Gasteiger partial charge in [-0.1, -0.05) is 27.7 Å². The third kappa shape index (κ3) is 8.09. The molecule has 3 heteroatoms. The predicted molar refractivity (Wildman–Crippen MR) is 53.2 cm³/mol. The quantitative estimate of drug-likeness (QED) is 0.573. The molecule has 0 saturated carbocycles. The summed E-state index contributed by atoms with van der Waals surface area (Å²) in [6.07, 6.45) is 0. The standard InChI is InChI=1S/C9H21BO2/c1-8(2)6-11-10(5)12-7-9(3)4/h8-9H,6-7H2,1-5H3. The molecule has 0 amide bonds. The van der Waals surface area contributed by atoms with E-state index in [1.54, 1.807) is 0 Å². The molecule has 0 atom stereocenters. The molecule has 72 valence electrons. The summed E-state index contributed by atoms with van der Waals surface area (Å²) in [6.45, 7) is 12.0. The van der Waals surface area contributed by atoms with Gasteiger partial charge in [0.15, 0.2) is 0 Å². The van der Waals surface area contributed by atoms with E-state index in [0.717, 1.165) is 13.2 Å². The Hall–Kier alpha value is -0.0151. The molecule has 0 aromatic rings. The van der Waals surface area contributed by atoms with Crippen molar-refractivity contribution >= 4 is 7.12 Å². The molecule has 0 aromatic heterocycles. The average molecular weight is 172 g/mol. The summed E-state index contributed by atoms with van der Waals surface area (Å²) in [6, 6.07) is 0. The predicted octanol–water partition coefficient (Wildman–Crippen LogP) is 2.45. The minimum Gasteiger partial charge on any atom is -0.411 e. The summed E-state index contributed by atoms with van der Waals surface area (Å²) < 4.78 is 10.9. The smallest absolute Gasteiger partial charge is 0.411 e. The number of rotatable bonds is 6. The summed E-state index contributed by atoms with van der Waals surface area (Å²) in [5, 5.41) is 0. The highest BCUT2D eigenvalue weighted by Crippen LogP contribution is 1.99. The topological polar surface area (TPSA) is 18.5 Å². The molecule has 0 aliphatic carbocycles. The van der Waals surface area contributed by atoms with E-state index in [9.17, 15) is 0 Å². The van der Waals surface area contributed by atoms with E-state index < -0.39 is 0 Å². The van der Waals surface area contributed by atoms with E-state index in [-0.39, 0.29) is 7.12 Å². The summed E-state index contributed by atoms with van der Waals surface area (Å²) in [5.41, 5.74) is 0. The highest BCUT2D eigenvalue weighted by Gasteiger charge is 2.11. The van der Waals surface area contributed by atoms with Crippen LogP contribution in [-0.2, 0) is 9.31 Å². The first kappa shape index (κ1) is 12.0. The molecule has 0 N–H and O–H groups in total. The second-order valence-corrected chi connectivity index (χ2v) is 4.02. The molecule has 0 bridgehead atoms. The molecule has 0 spiro atoms. The van der Waals surface area contributed by atoms with Gasteiger partial charge in [0.1, 0.15) is 0 Å². The van der Waals surface area contributed by atoms with Crippen molar-refractivity contribution < 1.29 is 9.31 Å². The zero-order valence-electron chi connectivity index (χ0n) is 8.96. The van der Waals surface area contributed by atoms with Crippen LogP contribution in [0.15, 0.2) is 0 Å². The van der Waals surface area contributed by atoms with Gasteiger partial charge in [-0.25, -0.2) is 0 Å². The lowest BCUT2D eigenvalue weighted by Crippen LogP contribution is -2.23. The van der Waals surface area contributed by atoms with Gasteiger partial charge in [0.2, 0.25) is 0 Å². The zero-order chi connectivity index (χ0) is 9.56. The van der Waals surface area contributed by atoms with Crippen LogP contribution in [0.1, 0.15) is 27.7 Å². The first-order valence-electron chi connectivity index (χ1n) is 4.75. The Morgan fingerprint density at radius 1 is 0.917 bits per heavy atom. The normalized spacial score (nSPS) is 11.2. The summed E-state index contributed by atoms with van der Waals surface area (Å²) in [4.78, 5) is 0. The van der Waals surface area contributed by atoms with Crippen molar-refractivity contribution in [3.63, 3.8) is 0 Å². The van der Waals surface area contributed by atoms with Gasteiger partial charge >= 0.3 is 7.12 Å². The Kier molecular flexibility index (Phi) is 6.49. The second kappa shape index (κ2) is 6.50. The molecule has 0 aliphatic rings. The van der Waals surface area contributed by atoms with E-state index in [4.69, 9.17) is 9.31 Å². The van der Waals surface area contributed by atoms with Crippen molar-refractivity contribution in [2.45, 2.75) is 34.5 Å². The van der Waals surface area contributed by atoms with Gasteiger partial charge in [-0.15, -0.1) is 0 Å². The molecule has 0 heterocycles. The lowest BCUT2D eigenvalue weighted by atomic mass is 9.94. The SMILES string of the molecule is CB(OCC(C)C)OCC(C)C. The van der Waals surface area contributed by atoms with Crippen LogP contribution in [0, 0.1) is 11.8 Å². The minimum absolute atomic E-state index is 0.0604. The van der Waals surface area contributed by atoms with E-state index in [1.807, 2.05) is 6.82 Å². The summed E-state index contributed by atoms with van der Waals surface area (Å²) in [5.74, 6) is 1.16. The van der Waals surface area contributed by atoms with Crippen molar-refractivity contribution in [1.82, 2.24) is 0 Å². The monoisotopic (exact) mass is 172 g/mol. The highest BCUT2D eigenvalue weighted by atomic mass is 16.6. The van der Waals surface area contributed by atoms with Crippen LogP contribution in [0.5, 0.6) is 0 Å². The molecule has 0 fully saturated rings. The van der Waals surface area contributed by atoms with Crippen molar-refractivity contribution in [2.24, 2.45) is 11.8 Å². The first-order valence-corrected chi connectivity index (χ1v) is 4.75. The van der Waals surface area contributed by atoms with Crippen LogP contribution < -0.4 is 0 Å².